The first-order valence-corrected chi connectivity index (χ1v) is 10.2. The Kier molecular flexibility index (Phi) is 6.76. The van der Waals surface area contributed by atoms with E-state index in [1.54, 1.807) is 11.8 Å². The Hall–Kier alpha value is -2.47. The van der Waals surface area contributed by atoms with Crippen molar-refractivity contribution in [3.63, 3.8) is 0 Å². The van der Waals surface area contributed by atoms with Crippen LogP contribution in [-0.2, 0) is 9.53 Å². The number of nitrogens with one attached hydrogen (secondary N) is 1. The summed E-state index contributed by atoms with van der Waals surface area (Å²) in [4.78, 5) is 22.4. The van der Waals surface area contributed by atoms with E-state index in [2.05, 4.69) is 29.6 Å². The molecular weight excluding hydrogens is 362 g/mol. The minimum absolute atomic E-state index is 0.0646. The summed E-state index contributed by atoms with van der Waals surface area (Å²) in [7, 11) is 0. The van der Waals surface area contributed by atoms with Crippen molar-refractivity contribution in [2.24, 2.45) is 0 Å². The fraction of sp³-hybridized carbons (Fsp3) is 0.333. The van der Waals surface area contributed by atoms with E-state index in [-0.39, 0.29) is 12.3 Å². The molecule has 0 atom stereocenters. The third kappa shape index (κ3) is 5.04. The second kappa shape index (κ2) is 9.46. The summed E-state index contributed by atoms with van der Waals surface area (Å²) in [6.45, 7) is 0.837. The van der Waals surface area contributed by atoms with Crippen molar-refractivity contribution in [3.05, 3.63) is 59.7 Å². The normalized spacial score (nSPS) is 12.3. The summed E-state index contributed by atoms with van der Waals surface area (Å²) in [6, 6.07) is 16.5. The maximum Gasteiger partial charge on any atom is 0.407 e. The Morgan fingerprint density at radius 3 is 2.26 bits per heavy atom. The SMILES string of the molecule is O=C(O)CCSCCCNC(=O)OCC1c2ccccc2-c2ccccc21. The lowest BCUT2D eigenvalue weighted by molar-refractivity contribution is -0.136. The van der Waals surface area contributed by atoms with E-state index in [1.807, 2.05) is 24.3 Å². The molecular formula is C21H23NO4S. The minimum Gasteiger partial charge on any atom is -0.481 e. The zero-order chi connectivity index (χ0) is 19.1. The van der Waals surface area contributed by atoms with Crippen molar-refractivity contribution in [3.8, 4) is 11.1 Å². The molecule has 5 nitrogen and oxygen atoms in total. The number of amides is 1. The maximum absolute atomic E-state index is 12.0. The minimum atomic E-state index is -0.778. The third-order valence-corrected chi connectivity index (χ3v) is 5.61. The molecule has 2 N–H and O–H groups in total. The van der Waals surface area contributed by atoms with Crippen LogP contribution in [0.1, 0.15) is 29.9 Å². The summed E-state index contributed by atoms with van der Waals surface area (Å²) in [5, 5.41) is 11.3. The molecule has 1 aliphatic carbocycles. The fourth-order valence-electron chi connectivity index (χ4n) is 3.28. The summed E-state index contributed by atoms with van der Waals surface area (Å²) < 4.78 is 5.46. The second-order valence-corrected chi connectivity index (χ2v) is 7.59. The van der Waals surface area contributed by atoms with Gasteiger partial charge in [-0.05, 0) is 34.4 Å². The van der Waals surface area contributed by atoms with Gasteiger partial charge in [-0.2, -0.15) is 11.8 Å². The first-order chi connectivity index (χ1) is 13.2. The van der Waals surface area contributed by atoms with E-state index < -0.39 is 12.1 Å². The molecule has 0 aliphatic heterocycles. The monoisotopic (exact) mass is 385 g/mol. The van der Waals surface area contributed by atoms with E-state index >= 15 is 0 Å². The highest BCUT2D eigenvalue weighted by Gasteiger charge is 2.28. The van der Waals surface area contributed by atoms with Gasteiger partial charge in [0.05, 0.1) is 6.42 Å². The van der Waals surface area contributed by atoms with Gasteiger partial charge < -0.3 is 15.2 Å². The van der Waals surface area contributed by atoms with Crippen LogP contribution >= 0.6 is 11.8 Å². The van der Waals surface area contributed by atoms with Crippen LogP contribution in [0, 0.1) is 0 Å². The van der Waals surface area contributed by atoms with Gasteiger partial charge in [-0.3, -0.25) is 4.79 Å². The highest BCUT2D eigenvalue weighted by atomic mass is 32.2. The fourth-order valence-corrected chi connectivity index (χ4v) is 4.15. The van der Waals surface area contributed by atoms with Gasteiger partial charge in [-0.15, -0.1) is 0 Å². The molecule has 1 amide bonds. The van der Waals surface area contributed by atoms with Gasteiger partial charge in [0.15, 0.2) is 0 Å². The molecule has 0 fully saturated rings. The number of carboxylic acid groups (broad SMARTS) is 1. The van der Waals surface area contributed by atoms with Gasteiger partial charge in [0.2, 0.25) is 0 Å². The van der Waals surface area contributed by atoms with E-state index in [9.17, 15) is 9.59 Å². The van der Waals surface area contributed by atoms with Crippen LogP contribution in [0.4, 0.5) is 4.79 Å². The van der Waals surface area contributed by atoms with Crippen LogP contribution in [0.5, 0.6) is 0 Å². The Balaban J connectivity index is 1.44. The highest BCUT2D eigenvalue weighted by molar-refractivity contribution is 7.99. The highest BCUT2D eigenvalue weighted by Crippen LogP contribution is 2.44. The zero-order valence-electron chi connectivity index (χ0n) is 15.0. The number of benzene rings is 2. The number of aliphatic carboxylic acids is 1. The first-order valence-electron chi connectivity index (χ1n) is 9.05. The van der Waals surface area contributed by atoms with E-state index in [4.69, 9.17) is 9.84 Å². The second-order valence-electron chi connectivity index (χ2n) is 6.36. The first kappa shape index (κ1) is 19.3. The average Bonchev–Trinajstić information content (AvgIpc) is 2.99. The number of carboxylic acids is 1. The molecule has 0 heterocycles. The number of carbonyl (C=O) groups is 2. The summed E-state index contributed by atoms with van der Waals surface area (Å²) in [6.07, 6.45) is 0.547. The van der Waals surface area contributed by atoms with Gasteiger partial charge in [-0.1, -0.05) is 48.5 Å². The Morgan fingerprint density at radius 1 is 1.00 bits per heavy atom. The van der Waals surface area contributed by atoms with Crippen LogP contribution in [-0.4, -0.2) is 41.8 Å². The standard InChI is InChI=1S/C21H23NO4S/c23-20(24)10-13-27-12-5-11-22-21(25)26-14-19-17-8-3-1-6-15(17)16-7-2-4-9-18(16)19/h1-4,6-9,19H,5,10-14H2,(H,22,25)(H,23,24). The number of hydrogen-bond donors (Lipinski definition) is 2. The summed E-state index contributed by atoms with van der Waals surface area (Å²) in [5.74, 6) is 0.700. The van der Waals surface area contributed by atoms with Crippen LogP contribution in [0.25, 0.3) is 11.1 Å². The number of carbonyl (C=O) groups excluding carboxylic acids is 1. The van der Waals surface area contributed by atoms with Crippen LogP contribution in [0.3, 0.4) is 0 Å². The molecule has 0 aromatic heterocycles. The number of alkyl carbamates (subject to hydrolysis) is 1. The van der Waals surface area contributed by atoms with Crippen molar-refractivity contribution >= 4 is 23.8 Å². The van der Waals surface area contributed by atoms with Crippen molar-refractivity contribution in [2.45, 2.75) is 18.8 Å². The van der Waals surface area contributed by atoms with Gasteiger partial charge in [-0.25, -0.2) is 4.79 Å². The van der Waals surface area contributed by atoms with Gasteiger partial charge in [0.1, 0.15) is 6.61 Å². The number of thioether (sulfide) groups is 1. The van der Waals surface area contributed by atoms with Crippen LogP contribution < -0.4 is 5.32 Å². The van der Waals surface area contributed by atoms with Gasteiger partial charge in [0, 0.05) is 18.2 Å². The molecule has 142 valence electrons. The maximum atomic E-state index is 12.0. The van der Waals surface area contributed by atoms with Crippen molar-refractivity contribution in [1.29, 1.82) is 0 Å². The topological polar surface area (TPSA) is 75.6 Å². The predicted octanol–water partition coefficient (Wildman–Crippen LogP) is 4.12. The molecule has 6 heteroatoms. The molecule has 0 saturated heterocycles. The van der Waals surface area contributed by atoms with E-state index in [1.165, 1.54) is 22.3 Å². The summed E-state index contributed by atoms with van der Waals surface area (Å²) in [5.41, 5.74) is 4.81. The Morgan fingerprint density at radius 2 is 1.63 bits per heavy atom. The lowest BCUT2D eigenvalue weighted by atomic mass is 9.98. The van der Waals surface area contributed by atoms with E-state index in [0.29, 0.717) is 18.9 Å². The van der Waals surface area contributed by atoms with Crippen LogP contribution in [0.2, 0.25) is 0 Å². The molecule has 2 aromatic rings. The number of rotatable bonds is 9. The largest absolute Gasteiger partial charge is 0.481 e. The van der Waals surface area contributed by atoms with E-state index in [0.717, 1.165) is 12.2 Å². The molecule has 1 aliphatic rings. The van der Waals surface area contributed by atoms with Crippen molar-refractivity contribution in [1.82, 2.24) is 5.32 Å². The molecule has 0 bridgehead atoms. The van der Waals surface area contributed by atoms with Crippen molar-refractivity contribution < 1.29 is 19.4 Å². The molecule has 0 unspecified atom stereocenters. The molecule has 27 heavy (non-hydrogen) atoms. The number of ether oxygens (including phenoxy) is 1. The lowest BCUT2D eigenvalue weighted by Gasteiger charge is -2.14. The zero-order valence-corrected chi connectivity index (χ0v) is 15.8. The average molecular weight is 385 g/mol. The number of hydrogen-bond acceptors (Lipinski definition) is 4. The Labute approximate surface area is 163 Å². The van der Waals surface area contributed by atoms with Gasteiger partial charge in [0.25, 0.3) is 0 Å². The smallest absolute Gasteiger partial charge is 0.407 e. The molecule has 0 spiro atoms. The predicted molar refractivity (Wildman–Crippen MR) is 107 cm³/mol. The number of fused-ring (bicyclic) bond motifs is 3. The molecule has 0 radical (unpaired) electrons. The third-order valence-electron chi connectivity index (χ3n) is 4.54. The van der Waals surface area contributed by atoms with Gasteiger partial charge >= 0.3 is 12.1 Å². The lowest BCUT2D eigenvalue weighted by Crippen LogP contribution is -2.27. The van der Waals surface area contributed by atoms with Crippen LogP contribution in [0.15, 0.2) is 48.5 Å². The molecule has 0 saturated carbocycles. The quantitative estimate of drug-likeness (QED) is 0.635. The summed E-state index contributed by atoms with van der Waals surface area (Å²) >= 11 is 1.58. The molecule has 2 aromatic carbocycles. The molecule has 3 rings (SSSR count). The van der Waals surface area contributed by atoms with Crippen molar-refractivity contribution in [2.75, 3.05) is 24.7 Å². The Bertz CT molecular complexity index is 763.